The van der Waals surface area contributed by atoms with Gasteiger partial charge in [-0.05, 0) is 43.4 Å². The van der Waals surface area contributed by atoms with E-state index in [1.165, 1.54) is 12.1 Å². The zero-order chi connectivity index (χ0) is 15.6. The van der Waals surface area contributed by atoms with E-state index in [-0.39, 0.29) is 12.1 Å². The van der Waals surface area contributed by atoms with Crippen LogP contribution in [0.5, 0.6) is 0 Å². The van der Waals surface area contributed by atoms with Crippen molar-refractivity contribution in [3.63, 3.8) is 0 Å². The van der Waals surface area contributed by atoms with E-state index in [1.54, 1.807) is 6.92 Å². The number of amides is 1. The number of rotatable bonds is 3. The van der Waals surface area contributed by atoms with E-state index in [0.29, 0.717) is 30.0 Å². The molecule has 2 rings (SSSR count). The molecule has 1 aliphatic carbocycles. The van der Waals surface area contributed by atoms with E-state index in [0.717, 1.165) is 12.8 Å². The summed E-state index contributed by atoms with van der Waals surface area (Å²) in [6, 6.07) is 2.81. The lowest BCUT2D eigenvalue weighted by molar-refractivity contribution is -0.0109. The van der Waals surface area contributed by atoms with Gasteiger partial charge in [0.25, 0.3) is 5.91 Å². The summed E-state index contributed by atoms with van der Waals surface area (Å²) in [5.41, 5.74) is 5.38. The Balaban J connectivity index is 2.05. The zero-order valence-corrected chi connectivity index (χ0v) is 12.6. The van der Waals surface area contributed by atoms with Crippen LogP contribution in [0.2, 0.25) is 0 Å². The molecule has 1 aromatic carbocycles. The maximum absolute atomic E-state index is 14.0. The predicted molar refractivity (Wildman–Crippen MR) is 80.5 cm³/mol. The summed E-state index contributed by atoms with van der Waals surface area (Å²) < 4.78 is 14.0. The molecular weight excluding hydrogens is 271 g/mol. The summed E-state index contributed by atoms with van der Waals surface area (Å²) >= 11 is 0. The minimum Gasteiger partial charge on any atom is -0.399 e. The highest BCUT2D eigenvalue weighted by Crippen LogP contribution is 2.31. The molecule has 0 radical (unpaired) electrons. The summed E-state index contributed by atoms with van der Waals surface area (Å²) in [5, 5.41) is 13.1. The first kappa shape index (κ1) is 15.8. The molecule has 1 aliphatic rings. The van der Waals surface area contributed by atoms with Gasteiger partial charge in [-0.2, -0.15) is 0 Å². The average molecular weight is 294 g/mol. The largest absolute Gasteiger partial charge is 0.399 e. The van der Waals surface area contributed by atoms with Gasteiger partial charge in [0.15, 0.2) is 0 Å². The molecular formula is C16H23FN2O2. The van der Waals surface area contributed by atoms with Crippen LogP contribution >= 0.6 is 0 Å². The number of halogens is 1. The Labute approximate surface area is 124 Å². The molecule has 2 unspecified atom stereocenters. The fourth-order valence-corrected chi connectivity index (χ4v) is 3.10. The Bertz CT molecular complexity index is 547. The van der Waals surface area contributed by atoms with Gasteiger partial charge in [0.2, 0.25) is 0 Å². The Morgan fingerprint density at radius 3 is 2.95 bits per heavy atom. The van der Waals surface area contributed by atoms with Crippen LogP contribution in [0.1, 0.15) is 48.5 Å². The van der Waals surface area contributed by atoms with Crippen LogP contribution in [0.15, 0.2) is 12.1 Å². The van der Waals surface area contributed by atoms with Gasteiger partial charge in [-0.15, -0.1) is 0 Å². The van der Waals surface area contributed by atoms with Gasteiger partial charge in [0.05, 0.1) is 11.2 Å². The van der Waals surface area contributed by atoms with Gasteiger partial charge in [-0.3, -0.25) is 4.79 Å². The second-order valence-corrected chi connectivity index (χ2v) is 6.31. The van der Waals surface area contributed by atoms with E-state index in [9.17, 15) is 14.3 Å². The first-order chi connectivity index (χ1) is 9.81. The molecule has 0 heterocycles. The van der Waals surface area contributed by atoms with Crippen molar-refractivity contribution in [3.8, 4) is 0 Å². The molecule has 116 valence electrons. The minimum absolute atomic E-state index is 0.0695. The number of aryl methyl sites for hydroxylation is 1. The Morgan fingerprint density at radius 2 is 2.29 bits per heavy atom. The van der Waals surface area contributed by atoms with Gasteiger partial charge in [-0.25, -0.2) is 4.39 Å². The number of nitrogens with one attached hydrogen (secondary N) is 1. The standard InChI is InChI=1S/C16H23FN2O2/c1-10-4-3-5-16(21,8-10)9-19-15(20)13-7-12(18)6-11(2)14(13)17/h6-7,10,21H,3-5,8-9,18H2,1-2H3,(H,19,20). The summed E-state index contributed by atoms with van der Waals surface area (Å²) in [7, 11) is 0. The van der Waals surface area contributed by atoms with Gasteiger partial charge in [0.1, 0.15) is 5.82 Å². The number of nitrogens with two attached hydrogens (primary N) is 1. The molecule has 2 atom stereocenters. The smallest absolute Gasteiger partial charge is 0.254 e. The molecule has 1 fully saturated rings. The van der Waals surface area contributed by atoms with E-state index >= 15 is 0 Å². The second kappa shape index (κ2) is 6.02. The third-order valence-electron chi connectivity index (χ3n) is 4.17. The SMILES string of the molecule is Cc1cc(N)cc(C(=O)NCC2(O)CCCC(C)C2)c1F. The Hall–Kier alpha value is -1.62. The van der Waals surface area contributed by atoms with Crippen molar-refractivity contribution in [3.05, 3.63) is 29.1 Å². The van der Waals surface area contributed by atoms with E-state index in [1.807, 2.05) is 0 Å². The quantitative estimate of drug-likeness (QED) is 0.749. The lowest BCUT2D eigenvalue weighted by atomic mass is 9.79. The molecule has 5 heteroatoms. The van der Waals surface area contributed by atoms with Crippen molar-refractivity contribution < 1.29 is 14.3 Å². The minimum atomic E-state index is -0.890. The van der Waals surface area contributed by atoms with Crippen molar-refractivity contribution >= 4 is 11.6 Å². The Morgan fingerprint density at radius 1 is 1.57 bits per heavy atom. The normalized spacial score (nSPS) is 25.6. The summed E-state index contributed by atoms with van der Waals surface area (Å²) in [6.07, 6.45) is 3.36. The lowest BCUT2D eigenvalue weighted by Gasteiger charge is -2.35. The summed E-state index contributed by atoms with van der Waals surface area (Å²) in [6.45, 7) is 3.80. The highest BCUT2D eigenvalue weighted by Gasteiger charge is 2.33. The van der Waals surface area contributed by atoms with Gasteiger partial charge in [-0.1, -0.05) is 19.8 Å². The van der Waals surface area contributed by atoms with Crippen LogP contribution in [0.4, 0.5) is 10.1 Å². The Kier molecular flexibility index (Phi) is 4.52. The van der Waals surface area contributed by atoms with Crippen molar-refractivity contribution in [2.24, 2.45) is 5.92 Å². The van der Waals surface area contributed by atoms with Crippen LogP contribution in [-0.4, -0.2) is 23.2 Å². The van der Waals surface area contributed by atoms with Crippen LogP contribution in [0.3, 0.4) is 0 Å². The van der Waals surface area contributed by atoms with Crippen molar-refractivity contribution in [1.29, 1.82) is 0 Å². The molecule has 0 aliphatic heterocycles. The fourth-order valence-electron chi connectivity index (χ4n) is 3.10. The monoisotopic (exact) mass is 294 g/mol. The number of nitrogen functional groups attached to an aromatic ring is 1. The number of carbonyl (C=O) groups excluding carboxylic acids is 1. The van der Waals surface area contributed by atoms with Crippen molar-refractivity contribution in [2.75, 3.05) is 12.3 Å². The maximum atomic E-state index is 14.0. The number of anilines is 1. The number of benzene rings is 1. The molecule has 21 heavy (non-hydrogen) atoms. The highest BCUT2D eigenvalue weighted by atomic mass is 19.1. The molecule has 4 nitrogen and oxygen atoms in total. The molecule has 0 spiro atoms. The summed E-state index contributed by atoms with van der Waals surface area (Å²) in [4.78, 5) is 12.1. The molecule has 0 bridgehead atoms. The topological polar surface area (TPSA) is 75.4 Å². The fraction of sp³-hybridized carbons (Fsp3) is 0.562. The maximum Gasteiger partial charge on any atom is 0.254 e. The van der Waals surface area contributed by atoms with Crippen LogP contribution in [-0.2, 0) is 0 Å². The number of aliphatic hydroxyl groups is 1. The molecule has 1 saturated carbocycles. The first-order valence-electron chi connectivity index (χ1n) is 7.37. The van der Waals surface area contributed by atoms with E-state index in [2.05, 4.69) is 12.2 Å². The lowest BCUT2D eigenvalue weighted by Crippen LogP contribution is -2.46. The predicted octanol–water partition coefficient (Wildman–Crippen LogP) is 2.39. The number of hydrogen-bond acceptors (Lipinski definition) is 3. The molecule has 0 saturated heterocycles. The van der Waals surface area contributed by atoms with Crippen molar-refractivity contribution in [2.45, 2.75) is 45.1 Å². The molecule has 1 aromatic rings. The highest BCUT2D eigenvalue weighted by molar-refractivity contribution is 5.95. The molecule has 1 amide bonds. The van der Waals surface area contributed by atoms with Gasteiger partial charge >= 0.3 is 0 Å². The van der Waals surface area contributed by atoms with Crippen molar-refractivity contribution in [1.82, 2.24) is 5.32 Å². The molecule has 0 aromatic heterocycles. The zero-order valence-electron chi connectivity index (χ0n) is 12.6. The van der Waals surface area contributed by atoms with E-state index in [4.69, 9.17) is 5.73 Å². The first-order valence-corrected chi connectivity index (χ1v) is 7.37. The van der Waals surface area contributed by atoms with Crippen LogP contribution < -0.4 is 11.1 Å². The number of carbonyl (C=O) groups is 1. The van der Waals surface area contributed by atoms with Crippen LogP contribution in [0.25, 0.3) is 0 Å². The third-order valence-corrected chi connectivity index (χ3v) is 4.17. The molecule has 4 N–H and O–H groups in total. The van der Waals surface area contributed by atoms with E-state index < -0.39 is 17.3 Å². The third kappa shape index (κ3) is 3.73. The second-order valence-electron chi connectivity index (χ2n) is 6.31. The van der Waals surface area contributed by atoms with Crippen LogP contribution in [0, 0.1) is 18.7 Å². The number of hydrogen-bond donors (Lipinski definition) is 3. The average Bonchev–Trinajstić information content (AvgIpc) is 2.40. The van der Waals surface area contributed by atoms with Gasteiger partial charge < -0.3 is 16.2 Å². The summed E-state index contributed by atoms with van der Waals surface area (Å²) in [5.74, 6) is -0.660. The van der Waals surface area contributed by atoms with Gasteiger partial charge in [0, 0.05) is 12.2 Å².